The molecular formula is C13H16N2OS. The molecule has 0 radical (unpaired) electrons. The summed E-state index contributed by atoms with van der Waals surface area (Å²) in [6, 6.07) is 9.86. The standard InChI is InChI=1S/C13H16N2OS/c1-8(14)13(16)15-9(2)12-7-10-5-3-4-6-11(10)17-12/h3-9H,14H2,1-2H3,(H,15,16)/t8-,9?/m1/s1. The Morgan fingerprint density at radius 1 is 1.35 bits per heavy atom. The van der Waals surface area contributed by atoms with Gasteiger partial charge in [0.2, 0.25) is 5.91 Å². The molecular weight excluding hydrogens is 232 g/mol. The number of rotatable bonds is 3. The van der Waals surface area contributed by atoms with Crippen molar-refractivity contribution in [1.29, 1.82) is 0 Å². The monoisotopic (exact) mass is 248 g/mol. The number of amides is 1. The molecule has 1 amide bonds. The highest BCUT2D eigenvalue weighted by molar-refractivity contribution is 7.19. The first-order valence-electron chi connectivity index (χ1n) is 5.62. The topological polar surface area (TPSA) is 55.1 Å². The molecule has 0 saturated carbocycles. The van der Waals surface area contributed by atoms with E-state index in [0.717, 1.165) is 4.88 Å². The summed E-state index contributed by atoms with van der Waals surface area (Å²) in [5.74, 6) is -0.116. The number of carbonyl (C=O) groups excluding carboxylic acids is 1. The van der Waals surface area contributed by atoms with Crippen LogP contribution in [-0.4, -0.2) is 11.9 Å². The molecule has 2 rings (SSSR count). The Bertz CT molecular complexity index is 500. The minimum atomic E-state index is -0.466. The highest BCUT2D eigenvalue weighted by atomic mass is 32.1. The maximum atomic E-state index is 11.5. The second kappa shape index (κ2) is 4.85. The van der Waals surface area contributed by atoms with Crippen molar-refractivity contribution in [3.63, 3.8) is 0 Å². The van der Waals surface area contributed by atoms with Gasteiger partial charge in [0, 0.05) is 9.58 Å². The maximum absolute atomic E-state index is 11.5. The van der Waals surface area contributed by atoms with Crippen molar-refractivity contribution in [3.8, 4) is 0 Å². The van der Waals surface area contributed by atoms with Crippen LogP contribution in [0.3, 0.4) is 0 Å². The average molecular weight is 248 g/mol. The molecule has 17 heavy (non-hydrogen) atoms. The van der Waals surface area contributed by atoms with Crippen molar-refractivity contribution in [2.24, 2.45) is 5.73 Å². The first-order valence-corrected chi connectivity index (χ1v) is 6.44. The van der Waals surface area contributed by atoms with Crippen LogP contribution in [-0.2, 0) is 4.79 Å². The Morgan fingerprint density at radius 2 is 2.06 bits per heavy atom. The van der Waals surface area contributed by atoms with Gasteiger partial charge in [0.1, 0.15) is 0 Å². The highest BCUT2D eigenvalue weighted by Crippen LogP contribution is 2.29. The van der Waals surface area contributed by atoms with Gasteiger partial charge in [-0.1, -0.05) is 18.2 Å². The van der Waals surface area contributed by atoms with E-state index >= 15 is 0 Å². The van der Waals surface area contributed by atoms with E-state index in [4.69, 9.17) is 5.73 Å². The number of carbonyl (C=O) groups is 1. The van der Waals surface area contributed by atoms with E-state index in [-0.39, 0.29) is 11.9 Å². The minimum Gasteiger partial charge on any atom is -0.347 e. The van der Waals surface area contributed by atoms with Crippen LogP contribution in [0, 0.1) is 0 Å². The average Bonchev–Trinajstić information content (AvgIpc) is 2.72. The van der Waals surface area contributed by atoms with Gasteiger partial charge in [-0.15, -0.1) is 11.3 Å². The van der Waals surface area contributed by atoms with Crippen molar-refractivity contribution in [2.75, 3.05) is 0 Å². The molecule has 0 aliphatic carbocycles. The number of nitrogens with one attached hydrogen (secondary N) is 1. The molecule has 0 aliphatic rings. The molecule has 1 unspecified atom stereocenters. The lowest BCUT2D eigenvalue weighted by Gasteiger charge is -2.13. The molecule has 3 nitrogen and oxygen atoms in total. The lowest BCUT2D eigenvalue weighted by atomic mass is 10.2. The normalized spacial score (nSPS) is 14.5. The predicted molar refractivity (Wildman–Crippen MR) is 72.0 cm³/mol. The number of hydrogen-bond donors (Lipinski definition) is 2. The van der Waals surface area contributed by atoms with E-state index < -0.39 is 6.04 Å². The minimum absolute atomic E-state index is 0.00546. The van der Waals surface area contributed by atoms with Gasteiger partial charge in [0.05, 0.1) is 12.1 Å². The van der Waals surface area contributed by atoms with E-state index in [0.29, 0.717) is 0 Å². The number of thiophene rings is 1. The van der Waals surface area contributed by atoms with Crippen molar-refractivity contribution in [1.82, 2.24) is 5.32 Å². The van der Waals surface area contributed by atoms with Gasteiger partial charge < -0.3 is 11.1 Å². The molecule has 0 spiro atoms. The van der Waals surface area contributed by atoms with Gasteiger partial charge in [-0.05, 0) is 31.4 Å². The van der Waals surface area contributed by atoms with Crippen molar-refractivity contribution in [2.45, 2.75) is 25.9 Å². The number of benzene rings is 1. The fraction of sp³-hybridized carbons (Fsp3) is 0.308. The molecule has 3 N–H and O–H groups in total. The van der Waals surface area contributed by atoms with Crippen LogP contribution in [0.15, 0.2) is 30.3 Å². The molecule has 1 heterocycles. The zero-order valence-corrected chi connectivity index (χ0v) is 10.8. The lowest BCUT2D eigenvalue weighted by Crippen LogP contribution is -2.39. The van der Waals surface area contributed by atoms with E-state index in [1.807, 2.05) is 19.1 Å². The summed E-state index contributed by atoms with van der Waals surface area (Å²) in [5, 5.41) is 4.12. The quantitative estimate of drug-likeness (QED) is 0.876. The third-order valence-electron chi connectivity index (χ3n) is 2.64. The number of fused-ring (bicyclic) bond motifs is 1. The summed E-state index contributed by atoms with van der Waals surface area (Å²) in [6.07, 6.45) is 0. The third-order valence-corrected chi connectivity index (χ3v) is 3.94. The van der Waals surface area contributed by atoms with Crippen molar-refractivity contribution >= 4 is 27.3 Å². The molecule has 0 bridgehead atoms. The fourth-order valence-electron chi connectivity index (χ4n) is 1.63. The van der Waals surface area contributed by atoms with Crippen molar-refractivity contribution < 1.29 is 4.79 Å². The first kappa shape index (κ1) is 12.1. The van der Waals surface area contributed by atoms with Crippen LogP contribution in [0.1, 0.15) is 24.8 Å². The lowest BCUT2D eigenvalue weighted by molar-refractivity contribution is -0.122. The molecule has 4 heteroatoms. The Labute approximate surface area is 105 Å². The summed E-state index contributed by atoms with van der Waals surface area (Å²) in [5.41, 5.74) is 5.53. The smallest absolute Gasteiger partial charge is 0.237 e. The molecule has 2 atom stereocenters. The van der Waals surface area contributed by atoms with Crippen LogP contribution < -0.4 is 11.1 Å². The van der Waals surface area contributed by atoms with Gasteiger partial charge >= 0.3 is 0 Å². The molecule has 90 valence electrons. The van der Waals surface area contributed by atoms with Gasteiger partial charge in [0.15, 0.2) is 0 Å². The second-order valence-electron chi connectivity index (χ2n) is 4.21. The van der Waals surface area contributed by atoms with Crippen LogP contribution in [0.2, 0.25) is 0 Å². The largest absolute Gasteiger partial charge is 0.347 e. The molecule has 1 aromatic heterocycles. The molecule has 0 aliphatic heterocycles. The summed E-state index contributed by atoms with van der Waals surface area (Å²) < 4.78 is 1.24. The SMILES string of the molecule is CC(NC(=O)[C@@H](C)N)c1cc2ccccc2s1. The molecule has 1 aromatic carbocycles. The predicted octanol–water partition coefficient (Wildman–Crippen LogP) is 2.43. The molecule has 0 fully saturated rings. The van der Waals surface area contributed by atoms with E-state index in [1.54, 1.807) is 18.3 Å². The Balaban J connectivity index is 2.19. The first-order chi connectivity index (χ1) is 8.08. The number of hydrogen-bond acceptors (Lipinski definition) is 3. The Hall–Kier alpha value is -1.39. The summed E-state index contributed by atoms with van der Waals surface area (Å²) in [7, 11) is 0. The molecule has 0 saturated heterocycles. The summed E-state index contributed by atoms with van der Waals surface area (Å²) >= 11 is 1.70. The maximum Gasteiger partial charge on any atom is 0.237 e. The third kappa shape index (κ3) is 2.65. The number of nitrogens with two attached hydrogens (primary N) is 1. The Morgan fingerprint density at radius 3 is 2.71 bits per heavy atom. The fourth-order valence-corrected chi connectivity index (χ4v) is 2.70. The van der Waals surface area contributed by atoms with Gasteiger partial charge in [-0.3, -0.25) is 4.79 Å². The van der Waals surface area contributed by atoms with Crippen molar-refractivity contribution in [3.05, 3.63) is 35.2 Å². The Kier molecular flexibility index (Phi) is 3.45. The highest BCUT2D eigenvalue weighted by Gasteiger charge is 2.14. The van der Waals surface area contributed by atoms with Gasteiger partial charge in [-0.2, -0.15) is 0 Å². The van der Waals surface area contributed by atoms with E-state index in [9.17, 15) is 4.79 Å². The van der Waals surface area contributed by atoms with E-state index in [2.05, 4.69) is 23.5 Å². The molecule has 2 aromatic rings. The van der Waals surface area contributed by atoms with Gasteiger partial charge in [0.25, 0.3) is 0 Å². The second-order valence-corrected chi connectivity index (χ2v) is 5.32. The zero-order chi connectivity index (χ0) is 12.4. The summed E-state index contributed by atoms with van der Waals surface area (Å²) in [4.78, 5) is 12.7. The van der Waals surface area contributed by atoms with Crippen LogP contribution in [0.5, 0.6) is 0 Å². The zero-order valence-electron chi connectivity index (χ0n) is 9.94. The van der Waals surface area contributed by atoms with Crippen LogP contribution in [0.4, 0.5) is 0 Å². The summed E-state index contributed by atoms with van der Waals surface area (Å²) in [6.45, 7) is 3.66. The van der Waals surface area contributed by atoms with E-state index in [1.165, 1.54) is 10.1 Å². The van der Waals surface area contributed by atoms with Crippen LogP contribution >= 0.6 is 11.3 Å². The van der Waals surface area contributed by atoms with Gasteiger partial charge in [-0.25, -0.2) is 0 Å². The van der Waals surface area contributed by atoms with Crippen LogP contribution in [0.25, 0.3) is 10.1 Å².